The molecule has 1 atom stereocenters. The molecule has 0 aliphatic heterocycles. The number of benzene rings is 1. The maximum atomic E-state index is 6.12. The van der Waals surface area contributed by atoms with Gasteiger partial charge in [-0.1, -0.05) is 55.8 Å². The van der Waals surface area contributed by atoms with Gasteiger partial charge in [0.05, 0.1) is 0 Å². The van der Waals surface area contributed by atoms with Crippen molar-refractivity contribution in [1.82, 2.24) is 10.1 Å². The lowest BCUT2D eigenvalue weighted by molar-refractivity contribution is 0.286. The third-order valence-electron chi connectivity index (χ3n) is 3.28. The zero-order valence-electron chi connectivity index (χ0n) is 12.0. The Morgan fingerprint density at radius 3 is 2.42 bits per heavy atom. The maximum absolute atomic E-state index is 6.12. The molecule has 2 N–H and O–H groups in total. The van der Waals surface area contributed by atoms with Gasteiger partial charge in [-0.3, -0.25) is 0 Å². The summed E-state index contributed by atoms with van der Waals surface area (Å²) in [6.45, 7) is 8.37. The van der Waals surface area contributed by atoms with Gasteiger partial charge in [-0.05, 0) is 12.3 Å². The van der Waals surface area contributed by atoms with E-state index >= 15 is 0 Å². The number of nitrogens with two attached hydrogens (primary N) is 1. The Hall–Kier alpha value is -1.68. The van der Waals surface area contributed by atoms with Crippen LogP contribution in [0.15, 0.2) is 28.8 Å². The molecule has 0 aliphatic carbocycles. The number of hydrogen-bond acceptors (Lipinski definition) is 4. The number of nitrogens with zero attached hydrogens (tertiary/aromatic N) is 2. The first kappa shape index (κ1) is 13.7. The van der Waals surface area contributed by atoms with E-state index in [1.807, 2.05) is 31.2 Å². The molecule has 0 bridgehead atoms. The molecule has 1 aromatic heterocycles. The fraction of sp³-hybridized carbons (Fsp3) is 0.467. The predicted octanol–water partition coefficient (Wildman–Crippen LogP) is 2.96. The quantitative estimate of drug-likeness (QED) is 0.920. The molecule has 1 unspecified atom stereocenters. The molecule has 2 aromatic rings. The van der Waals surface area contributed by atoms with Crippen molar-refractivity contribution in [2.24, 2.45) is 11.1 Å². The molecule has 0 fully saturated rings. The molecule has 4 heteroatoms. The largest absolute Gasteiger partial charge is 0.339 e. The Labute approximate surface area is 114 Å². The second kappa shape index (κ2) is 5.13. The zero-order valence-corrected chi connectivity index (χ0v) is 12.0. The second-order valence-electron chi connectivity index (χ2n) is 6.05. The summed E-state index contributed by atoms with van der Waals surface area (Å²) in [5, 5.41) is 4.01. The van der Waals surface area contributed by atoms with Crippen LogP contribution in [0.2, 0.25) is 0 Å². The van der Waals surface area contributed by atoms with E-state index in [0.717, 1.165) is 5.56 Å². The van der Waals surface area contributed by atoms with Gasteiger partial charge in [0.2, 0.25) is 11.7 Å². The molecule has 0 spiro atoms. The average Bonchev–Trinajstić information content (AvgIpc) is 2.77. The highest BCUT2D eigenvalue weighted by Crippen LogP contribution is 2.22. The topological polar surface area (TPSA) is 64.9 Å². The van der Waals surface area contributed by atoms with E-state index in [-0.39, 0.29) is 11.5 Å². The van der Waals surface area contributed by atoms with Crippen molar-refractivity contribution in [2.45, 2.75) is 40.2 Å². The van der Waals surface area contributed by atoms with Crippen LogP contribution < -0.4 is 5.73 Å². The van der Waals surface area contributed by atoms with Crippen molar-refractivity contribution in [1.29, 1.82) is 0 Å². The van der Waals surface area contributed by atoms with Crippen LogP contribution in [0.4, 0.5) is 0 Å². The van der Waals surface area contributed by atoms with Gasteiger partial charge in [-0.25, -0.2) is 0 Å². The fourth-order valence-electron chi connectivity index (χ4n) is 1.65. The van der Waals surface area contributed by atoms with Gasteiger partial charge in [-0.15, -0.1) is 0 Å². The fourth-order valence-corrected chi connectivity index (χ4v) is 1.65. The number of aryl methyl sites for hydroxylation is 1. The Morgan fingerprint density at radius 2 is 1.84 bits per heavy atom. The molecular weight excluding hydrogens is 238 g/mol. The summed E-state index contributed by atoms with van der Waals surface area (Å²) < 4.78 is 5.27. The lowest BCUT2D eigenvalue weighted by Crippen LogP contribution is -2.36. The van der Waals surface area contributed by atoms with Crippen LogP contribution in [-0.2, 0) is 6.42 Å². The second-order valence-corrected chi connectivity index (χ2v) is 6.05. The first-order chi connectivity index (χ1) is 8.86. The monoisotopic (exact) mass is 259 g/mol. The van der Waals surface area contributed by atoms with Crippen molar-refractivity contribution in [2.75, 3.05) is 0 Å². The first-order valence-corrected chi connectivity index (χ1v) is 6.51. The van der Waals surface area contributed by atoms with Crippen molar-refractivity contribution in [3.05, 3.63) is 35.7 Å². The summed E-state index contributed by atoms with van der Waals surface area (Å²) in [5.41, 5.74) is 8.32. The maximum Gasteiger partial charge on any atom is 0.228 e. The van der Waals surface area contributed by atoms with E-state index in [1.165, 1.54) is 5.56 Å². The third kappa shape index (κ3) is 3.41. The predicted molar refractivity (Wildman–Crippen MR) is 75.6 cm³/mol. The lowest BCUT2D eigenvalue weighted by atomic mass is 9.85. The van der Waals surface area contributed by atoms with E-state index in [4.69, 9.17) is 10.3 Å². The summed E-state index contributed by atoms with van der Waals surface area (Å²) in [6.07, 6.45) is 0.600. The minimum atomic E-state index is -0.00109. The molecule has 0 radical (unpaired) electrons. The summed E-state index contributed by atoms with van der Waals surface area (Å²) in [4.78, 5) is 4.41. The van der Waals surface area contributed by atoms with Crippen LogP contribution in [0.1, 0.15) is 32.2 Å². The van der Waals surface area contributed by atoms with E-state index in [9.17, 15) is 0 Å². The van der Waals surface area contributed by atoms with Crippen molar-refractivity contribution >= 4 is 0 Å². The SMILES string of the molecule is Cc1ccc(-c2noc(CC(N)C(C)(C)C)n2)cc1. The molecule has 19 heavy (non-hydrogen) atoms. The van der Waals surface area contributed by atoms with Gasteiger partial charge in [0.1, 0.15) is 0 Å². The van der Waals surface area contributed by atoms with E-state index in [0.29, 0.717) is 18.1 Å². The van der Waals surface area contributed by atoms with Crippen LogP contribution in [0.5, 0.6) is 0 Å². The zero-order chi connectivity index (χ0) is 14.0. The van der Waals surface area contributed by atoms with Crippen molar-refractivity contribution < 1.29 is 4.52 Å². The van der Waals surface area contributed by atoms with Crippen molar-refractivity contribution in [3.8, 4) is 11.4 Å². The van der Waals surface area contributed by atoms with Crippen LogP contribution in [0.25, 0.3) is 11.4 Å². The van der Waals surface area contributed by atoms with Crippen LogP contribution in [0, 0.1) is 12.3 Å². The molecule has 1 heterocycles. The number of rotatable bonds is 3. The standard InChI is InChI=1S/C15H21N3O/c1-10-5-7-11(8-6-10)14-17-13(19-18-14)9-12(16)15(2,3)4/h5-8,12H,9,16H2,1-4H3. The van der Waals surface area contributed by atoms with Crippen LogP contribution >= 0.6 is 0 Å². The van der Waals surface area contributed by atoms with E-state index < -0.39 is 0 Å². The first-order valence-electron chi connectivity index (χ1n) is 6.51. The van der Waals surface area contributed by atoms with Gasteiger partial charge in [0.25, 0.3) is 0 Å². The summed E-state index contributed by atoms with van der Waals surface area (Å²) in [7, 11) is 0. The Balaban J connectivity index is 2.13. The minimum Gasteiger partial charge on any atom is -0.339 e. The van der Waals surface area contributed by atoms with Crippen LogP contribution in [0.3, 0.4) is 0 Å². The molecule has 2 rings (SSSR count). The summed E-state index contributed by atoms with van der Waals surface area (Å²) in [6, 6.07) is 8.05. The molecular formula is C15H21N3O. The normalized spacial score (nSPS) is 13.5. The van der Waals surface area contributed by atoms with E-state index in [2.05, 4.69) is 30.9 Å². The number of aromatic nitrogens is 2. The molecule has 0 amide bonds. The molecule has 1 aromatic carbocycles. The Bertz CT molecular complexity index is 537. The van der Waals surface area contributed by atoms with Crippen LogP contribution in [-0.4, -0.2) is 16.2 Å². The highest BCUT2D eigenvalue weighted by atomic mass is 16.5. The third-order valence-corrected chi connectivity index (χ3v) is 3.28. The van der Waals surface area contributed by atoms with Crippen molar-refractivity contribution in [3.63, 3.8) is 0 Å². The molecule has 0 saturated heterocycles. The Kier molecular flexibility index (Phi) is 3.71. The molecule has 4 nitrogen and oxygen atoms in total. The summed E-state index contributed by atoms with van der Waals surface area (Å²) >= 11 is 0. The van der Waals surface area contributed by atoms with Gasteiger partial charge in [0.15, 0.2) is 0 Å². The highest BCUT2D eigenvalue weighted by Gasteiger charge is 2.23. The number of hydrogen-bond donors (Lipinski definition) is 1. The minimum absolute atomic E-state index is 0.00109. The lowest BCUT2D eigenvalue weighted by Gasteiger charge is -2.25. The summed E-state index contributed by atoms with van der Waals surface area (Å²) in [5.74, 6) is 1.22. The highest BCUT2D eigenvalue weighted by molar-refractivity contribution is 5.54. The van der Waals surface area contributed by atoms with Gasteiger partial charge < -0.3 is 10.3 Å². The van der Waals surface area contributed by atoms with Gasteiger partial charge in [0, 0.05) is 18.0 Å². The molecule has 0 aliphatic rings. The van der Waals surface area contributed by atoms with E-state index in [1.54, 1.807) is 0 Å². The smallest absolute Gasteiger partial charge is 0.228 e. The molecule has 102 valence electrons. The Morgan fingerprint density at radius 1 is 1.21 bits per heavy atom. The van der Waals surface area contributed by atoms with Gasteiger partial charge >= 0.3 is 0 Å². The molecule has 0 saturated carbocycles. The average molecular weight is 259 g/mol. The van der Waals surface area contributed by atoms with Gasteiger partial charge in [-0.2, -0.15) is 4.98 Å².